The lowest BCUT2D eigenvalue weighted by Crippen LogP contribution is -1.95. The summed E-state index contributed by atoms with van der Waals surface area (Å²) in [4.78, 5) is 7.48. The molecular formula is C11H12BrN3. The molecule has 1 aromatic carbocycles. The fourth-order valence-electron chi connectivity index (χ4n) is 1.49. The van der Waals surface area contributed by atoms with Crippen LogP contribution in [0.2, 0.25) is 0 Å². The van der Waals surface area contributed by atoms with E-state index in [-0.39, 0.29) is 0 Å². The number of H-pyrrole nitrogens is 1. The maximum absolute atomic E-state index is 5.52. The summed E-state index contributed by atoms with van der Waals surface area (Å²) in [5.41, 5.74) is 8.77. The molecule has 0 radical (unpaired) electrons. The zero-order valence-electron chi connectivity index (χ0n) is 8.42. The van der Waals surface area contributed by atoms with Crippen LogP contribution in [0.5, 0.6) is 0 Å². The average molecular weight is 266 g/mol. The second-order valence-corrected chi connectivity index (χ2v) is 4.34. The van der Waals surface area contributed by atoms with Gasteiger partial charge in [-0.3, -0.25) is 0 Å². The monoisotopic (exact) mass is 265 g/mol. The number of nitrogens with zero attached hydrogens (tertiary/aromatic N) is 1. The van der Waals surface area contributed by atoms with Gasteiger partial charge in [-0.05, 0) is 30.7 Å². The normalized spacial score (nSPS) is 10.6. The molecule has 0 saturated heterocycles. The van der Waals surface area contributed by atoms with E-state index >= 15 is 0 Å². The zero-order valence-corrected chi connectivity index (χ0v) is 10.0. The molecule has 15 heavy (non-hydrogen) atoms. The van der Waals surface area contributed by atoms with Crippen LogP contribution in [-0.2, 0) is 6.54 Å². The van der Waals surface area contributed by atoms with Crippen LogP contribution in [0.4, 0.5) is 0 Å². The number of halogens is 1. The first-order chi connectivity index (χ1) is 7.20. The van der Waals surface area contributed by atoms with E-state index in [0.29, 0.717) is 6.54 Å². The van der Waals surface area contributed by atoms with Gasteiger partial charge in [-0.1, -0.05) is 15.9 Å². The number of aromatic amines is 1. The third-order valence-corrected chi connectivity index (χ3v) is 2.79. The van der Waals surface area contributed by atoms with Crippen LogP contribution in [0.15, 0.2) is 28.9 Å². The lowest BCUT2D eigenvalue weighted by Gasteiger charge is -2.02. The molecule has 0 fully saturated rings. The maximum atomic E-state index is 5.52. The molecule has 0 aliphatic carbocycles. The highest BCUT2D eigenvalue weighted by molar-refractivity contribution is 9.10. The fourth-order valence-corrected chi connectivity index (χ4v) is 1.97. The Bertz CT molecular complexity index is 476. The smallest absolute Gasteiger partial charge is 0.137 e. The summed E-state index contributed by atoms with van der Waals surface area (Å²) >= 11 is 3.44. The van der Waals surface area contributed by atoms with Gasteiger partial charge in [-0.15, -0.1) is 0 Å². The van der Waals surface area contributed by atoms with Gasteiger partial charge in [0.2, 0.25) is 0 Å². The van der Waals surface area contributed by atoms with E-state index in [1.54, 1.807) is 6.20 Å². The summed E-state index contributed by atoms with van der Waals surface area (Å²) in [5, 5.41) is 0. The van der Waals surface area contributed by atoms with Gasteiger partial charge in [0.15, 0.2) is 0 Å². The number of nitrogens with one attached hydrogen (secondary N) is 1. The number of benzene rings is 1. The van der Waals surface area contributed by atoms with Crippen molar-refractivity contribution in [1.82, 2.24) is 9.97 Å². The Morgan fingerprint density at radius 3 is 2.87 bits per heavy atom. The van der Waals surface area contributed by atoms with Gasteiger partial charge in [0, 0.05) is 28.5 Å². The van der Waals surface area contributed by atoms with E-state index in [1.165, 1.54) is 5.56 Å². The quantitative estimate of drug-likeness (QED) is 0.877. The number of rotatable bonds is 2. The molecule has 4 heteroatoms. The van der Waals surface area contributed by atoms with Crippen LogP contribution in [-0.4, -0.2) is 9.97 Å². The topological polar surface area (TPSA) is 54.7 Å². The third-order valence-electron chi connectivity index (χ3n) is 2.29. The van der Waals surface area contributed by atoms with Gasteiger partial charge in [-0.2, -0.15) is 0 Å². The summed E-state index contributed by atoms with van der Waals surface area (Å²) in [7, 11) is 0. The second kappa shape index (κ2) is 4.16. The molecule has 78 valence electrons. The highest BCUT2D eigenvalue weighted by Gasteiger charge is 2.05. The molecule has 1 aromatic heterocycles. The minimum Gasteiger partial charge on any atom is -0.341 e. The lowest BCUT2D eigenvalue weighted by molar-refractivity contribution is 1.01. The molecule has 0 bridgehead atoms. The molecule has 0 spiro atoms. The van der Waals surface area contributed by atoms with Gasteiger partial charge in [0.05, 0.1) is 0 Å². The standard InChI is InChI=1S/C11H12BrN3/c1-7-4-8(12)2-3-10(7)11-14-6-9(5-13)15-11/h2-4,6H,5,13H2,1H3,(H,14,15). The number of nitrogens with two attached hydrogens (primary N) is 1. The van der Waals surface area contributed by atoms with E-state index in [1.807, 2.05) is 12.1 Å². The van der Waals surface area contributed by atoms with E-state index in [2.05, 4.69) is 38.9 Å². The van der Waals surface area contributed by atoms with Crippen LogP contribution in [0, 0.1) is 6.92 Å². The maximum Gasteiger partial charge on any atom is 0.137 e. The first-order valence-corrected chi connectivity index (χ1v) is 5.50. The summed E-state index contributed by atoms with van der Waals surface area (Å²) < 4.78 is 1.08. The van der Waals surface area contributed by atoms with Crippen molar-refractivity contribution in [3.63, 3.8) is 0 Å². The van der Waals surface area contributed by atoms with Crippen LogP contribution in [0.3, 0.4) is 0 Å². The first-order valence-electron chi connectivity index (χ1n) is 4.71. The predicted molar refractivity (Wildman–Crippen MR) is 64.4 cm³/mol. The van der Waals surface area contributed by atoms with Crippen molar-refractivity contribution in [2.24, 2.45) is 5.73 Å². The van der Waals surface area contributed by atoms with E-state index in [4.69, 9.17) is 5.73 Å². The predicted octanol–water partition coefficient (Wildman–Crippen LogP) is 2.61. The minimum absolute atomic E-state index is 0.489. The Morgan fingerprint density at radius 1 is 1.47 bits per heavy atom. The molecule has 3 nitrogen and oxygen atoms in total. The van der Waals surface area contributed by atoms with Crippen LogP contribution in [0.25, 0.3) is 11.4 Å². The molecule has 0 amide bonds. The SMILES string of the molecule is Cc1cc(Br)ccc1-c1ncc(CN)[nH]1. The van der Waals surface area contributed by atoms with Crippen molar-refractivity contribution in [2.45, 2.75) is 13.5 Å². The van der Waals surface area contributed by atoms with Gasteiger partial charge in [0.1, 0.15) is 5.82 Å². The minimum atomic E-state index is 0.489. The largest absolute Gasteiger partial charge is 0.341 e. The highest BCUT2D eigenvalue weighted by Crippen LogP contribution is 2.23. The zero-order chi connectivity index (χ0) is 10.8. The van der Waals surface area contributed by atoms with Crippen molar-refractivity contribution in [3.8, 4) is 11.4 Å². The van der Waals surface area contributed by atoms with Gasteiger partial charge in [-0.25, -0.2) is 4.98 Å². The molecule has 1 heterocycles. The molecule has 0 aliphatic heterocycles. The second-order valence-electron chi connectivity index (χ2n) is 3.42. The van der Waals surface area contributed by atoms with E-state index < -0.39 is 0 Å². The lowest BCUT2D eigenvalue weighted by atomic mass is 10.1. The molecule has 0 aliphatic rings. The number of aryl methyl sites for hydroxylation is 1. The third kappa shape index (κ3) is 2.11. The van der Waals surface area contributed by atoms with Crippen molar-refractivity contribution in [3.05, 3.63) is 40.1 Å². The van der Waals surface area contributed by atoms with Crippen molar-refractivity contribution < 1.29 is 0 Å². The molecule has 2 aromatic rings. The summed E-state index contributed by atoms with van der Waals surface area (Å²) in [6.07, 6.45) is 1.77. The molecule has 0 atom stereocenters. The Labute approximate surface area is 96.9 Å². The number of aromatic nitrogens is 2. The Hall–Kier alpha value is -1.13. The van der Waals surface area contributed by atoms with Gasteiger partial charge < -0.3 is 10.7 Å². The summed E-state index contributed by atoms with van der Waals surface area (Å²) in [6.45, 7) is 2.55. The highest BCUT2D eigenvalue weighted by atomic mass is 79.9. The summed E-state index contributed by atoms with van der Waals surface area (Å²) in [5.74, 6) is 0.875. The van der Waals surface area contributed by atoms with E-state index in [0.717, 1.165) is 21.6 Å². The average Bonchev–Trinajstić information content (AvgIpc) is 2.66. The van der Waals surface area contributed by atoms with Crippen molar-refractivity contribution in [1.29, 1.82) is 0 Å². The molecule has 3 N–H and O–H groups in total. The van der Waals surface area contributed by atoms with Crippen LogP contribution < -0.4 is 5.73 Å². The number of hydrogen-bond donors (Lipinski definition) is 2. The number of imidazole rings is 1. The summed E-state index contributed by atoms with van der Waals surface area (Å²) in [6, 6.07) is 6.12. The Kier molecular flexibility index (Phi) is 2.88. The Morgan fingerprint density at radius 2 is 2.27 bits per heavy atom. The number of hydrogen-bond acceptors (Lipinski definition) is 2. The molecule has 2 rings (SSSR count). The Balaban J connectivity index is 2.44. The van der Waals surface area contributed by atoms with Crippen LogP contribution >= 0.6 is 15.9 Å². The van der Waals surface area contributed by atoms with Crippen molar-refractivity contribution >= 4 is 15.9 Å². The van der Waals surface area contributed by atoms with Gasteiger partial charge >= 0.3 is 0 Å². The van der Waals surface area contributed by atoms with Gasteiger partial charge in [0.25, 0.3) is 0 Å². The molecule has 0 unspecified atom stereocenters. The fraction of sp³-hybridized carbons (Fsp3) is 0.182. The molecular weight excluding hydrogens is 254 g/mol. The first kappa shape index (κ1) is 10.4. The van der Waals surface area contributed by atoms with Crippen molar-refractivity contribution in [2.75, 3.05) is 0 Å². The van der Waals surface area contributed by atoms with E-state index in [9.17, 15) is 0 Å². The molecule has 0 saturated carbocycles. The van der Waals surface area contributed by atoms with Crippen LogP contribution in [0.1, 0.15) is 11.3 Å².